The predicted molar refractivity (Wildman–Crippen MR) is 58.7 cm³/mol. The fraction of sp³-hybridized carbons (Fsp3) is 0.273. The molecule has 3 rings (SSSR count). The fourth-order valence-corrected chi connectivity index (χ4v) is 1.83. The van der Waals surface area contributed by atoms with Gasteiger partial charge in [0.2, 0.25) is 0 Å². The first-order chi connectivity index (χ1) is 7.34. The number of hydrogen-bond acceptors (Lipinski definition) is 2. The van der Waals surface area contributed by atoms with Gasteiger partial charge in [0, 0.05) is 18.0 Å². The first-order valence-electron chi connectivity index (χ1n) is 4.99. The summed E-state index contributed by atoms with van der Waals surface area (Å²) >= 11 is 6.06. The van der Waals surface area contributed by atoms with Gasteiger partial charge < -0.3 is 0 Å². The Morgan fingerprint density at radius 1 is 1.40 bits per heavy atom. The van der Waals surface area contributed by atoms with Crippen LogP contribution in [0.15, 0.2) is 30.7 Å². The quantitative estimate of drug-likeness (QED) is 0.778. The van der Waals surface area contributed by atoms with Crippen molar-refractivity contribution in [3.8, 4) is 11.3 Å². The van der Waals surface area contributed by atoms with Crippen LogP contribution < -0.4 is 0 Å². The largest absolute Gasteiger partial charge is 0.269 e. The highest BCUT2D eigenvalue weighted by Crippen LogP contribution is 2.35. The summed E-state index contributed by atoms with van der Waals surface area (Å²) in [7, 11) is 0. The predicted octanol–water partition coefficient (Wildman–Crippen LogP) is 2.93. The fourth-order valence-electron chi connectivity index (χ4n) is 1.60. The summed E-state index contributed by atoms with van der Waals surface area (Å²) in [5.41, 5.74) is 1.80. The zero-order valence-corrected chi connectivity index (χ0v) is 8.85. The van der Waals surface area contributed by atoms with E-state index in [0.717, 1.165) is 11.3 Å². The average molecular weight is 220 g/mol. The highest BCUT2D eigenvalue weighted by molar-refractivity contribution is 6.32. The number of rotatable bonds is 2. The Labute approximate surface area is 92.7 Å². The third kappa shape index (κ3) is 1.63. The standard InChI is InChI=1S/C11H10ClN3/c12-10-2-1-5-13-11(10)8-6-14-15(7-8)9-3-4-9/h1-2,5-7,9H,3-4H2. The van der Waals surface area contributed by atoms with Gasteiger partial charge in [-0.05, 0) is 25.0 Å². The van der Waals surface area contributed by atoms with Crippen LogP contribution in [-0.4, -0.2) is 14.8 Å². The van der Waals surface area contributed by atoms with E-state index in [1.807, 2.05) is 29.2 Å². The summed E-state index contributed by atoms with van der Waals surface area (Å²) in [6, 6.07) is 4.27. The zero-order chi connectivity index (χ0) is 10.3. The van der Waals surface area contributed by atoms with Crippen LogP contribution in [0.1, 0.15) is 18.9 Å². The molecule has 0 spiro atoms. The van der Waals surface area contributed by atoms with Crippen LogP contribution in [0.3, 0.4) is 0 Å². The first kappa shape index (κ1) is 8.92. The van der Waals surface area contributed by atoms with E-state index in [1.54, 1.807) is 6.20 Å². The molecule has 0 saturated heterocycles. The first-order valence-corrected chi connectivity index (χ1v) is 5.37. The molecule has 76 valence electrons. The number of hydrogen-bond donors (Lipinski definition) is 0. The van der Waals surface area contributed by atoms with Crippen LogP contribution in [-0.2, 0) is 0 Å². The average Bonchev–Trinajstić information content (AvgIpc) is 2.99. The molecule has 0 aliphatic heterocycles. The molecule has 0 atom stereocenters. The summed E-state index contributed by atoms with van der Waals surface area (Å²) in [6.07, 6.45) is 8.06. The molecule has 0 bridgehead atoms. The van der Waals surface area contributed by atoms with Gasteiger partial charge >= 0.3 is 0 Å². The van der Waals surface area contributed by atoms with Crippen molar-refractivity contribution in [2.45, 2.75) is 18.9 Å². The summed E-state index contributed by atoms with van der Waals surface area (Å²) in [5, 5.41) is 4.99. The monoisotopic (exact) mass is 219 g/mol. The molecule has 0 radical (unpaired) electrons. The van der Waals surface area contributed by atoms with E-state index in [-0.39, 0.29) is 0 Å². The molecule has 0 amide bonds. The van der Waals surface area contributed by atoms with E-state index < -0.39 is 0 Å². The lowest BCUT2D eigenvalue weighted by Gasteiger charge is -1.98. The second kappa shape index (κ2) is 3.35. The minimum atomic E-state index is 0.598. The van der Waals surface area contributed by atoms with Gasteiger partial charge in [0.25, 0.3) is 0 Å². The van der Waals surface area contributed by atoms with Crippen LogP contribution in [0, 0.1) is 0 Å². The van der Waals surface area contributed by atoms with Crippen molar-refractivity contribution in [3.05, 3.63) is 35.7 Å². The lowest BCUT2D eigenvalue weighted by Crippen LogP contribution is -1.92. The Bertz CT molecular complexity index is 488. The summed E-state index contributed by atoms with van der Waals surface area (Å²) in [6.45, 7) is 0. The maximum atomic E-state index is 6.06. The second-order valence-corrected chi connectivity index (χ2v) is 4.18. The Morgan fingerprint density at radius 3 is 3.00 bits per heavy atom. The molecule has 1 aliphatic carbocycles. The van der Waals surface area contributed by atoms with Crippen molar-refractivity contribution in [3.63, 3.8) is 0 Å². The minimum Gasteiger partial charge on any atom is -0.269 e. The maximum Gasteiger partial charge on any atom is 0.0919 e. The van der Waals surface area contributed by atoms with Crippen molar-refractivity contribution in [2.75, 3.05) is 0 Å². The number of pyridine rings is 1. The second-order valence-electron chi connectivity index (χ2n) is 3.77. The van der Waals surface area contributed by atoms with E-state index >= 15 is 0 Å². The van der Waals surface area contributed by atoms with E-state index in [0.29, 0.717) is 11.1 Å². The van der Waals surface area contributed by atoms with Crippen LogP contribution in [0.2, 0.25) is 5.02 Å². The van der Waals surface area contributed by atoms with Crippen molar-refractivity contribution in [2.24, 2.45) is 0 Å². The van der Waals surface area contributed by atoms with Crippen molar-refractivity contribution in [1.82, 2.24) is 14.8 Å². The third-order valence-electron chi connectivity index (χ3n) is 2.55. The Balaban J connectivity index is 2.01. The third-order valence-corrected chi connectivity index (χ3v) is 2.86. The van der Waals surface area contributed by atoms with Gasteiger partial charge in [-0.3, -0.25) is 9.67 Å². The van der Waals surface area contributed by atoms with Crippen LogP contribution in [0.4, 0.5) is 0 Å². The molecular weight excluding hydrogens is 210 g/mol. The van der Waals surface area contributed by atoms with Crippen molar-refractivity contribution >= 4 is 11.6 Å². The molecule has 2 heterocycles. The van der Waals surface area contributed by atoms with Gasteiger partial charge in [-0.2, -0.15) is 5.10 Å². The van der Waals surface area contributed by atoms with Gasteiger partial charge in [0.15, 0.2) is 0 Å². The number of nitrogens with zero attached hydrogens (tertiary/aromatic N) is 3. The normalized spacial score (nSPS) is 15.5. The Morgan fingerprint density at radius 2 is 2.27 bits per heavy atom. The van der Waals surface area contributed by atoms with Gasteiger partial charge in [0.1, 0.15) is 0 Å². The molecule has 2 aromatic heterocycles. The highest BCUT2D eigenvalue weighted by atomic mass is 35.5. The van der Waals surface area contributed by atoms with Crippen LogP contribution in [0.25, 0.3) is 11.3 Å². The molecule has 3 nitrogen and oxygen atoms in total. The highest BCUT2D eigenvalue weighted by Gasteiger charge is 2.24. The lowest BCUT2D eigenvalue weighted by atomic mass is 10.2. The molecule has 15 heavy (non-hydrogen) atoms. The molecule has 1 fully saturated rings. The van der Waals surface area contributed by atoms with E-state index in [1.165, 1.54) is 12.8 Å². The molecule has 0 unspecified atom stereocenters. The van der Waals surface area contributed by atoms with Gasteiger partial charge in [-0.1, -0.05) is 11.6 Å². The molecule has 1 aliphatic rings. The van der Waals surface area contributed by atoms with E-state index in [2.05, 4.69) is 10.1 Å². The summed E-state index contributed by atoms with van der Waals surface area (Å²) in [5.74, 6) is 0. The SMILES string of the molecule is Clc1cccnc1-c1cnn(C2CC2)c1. The molecule has 2 aromatic rings. The maximum absolute atomic E-state index is 6.06. The summed E-state index contributed by atoms with van der Waals surface area (Å²) < 4.78 is 2.00. The van der Waals surface area contributed by atoms with Crippen molar-refractivity contribution in [1.29, 1.82) is 0 Å². The Kier molecular flexibility index (Phi) is 1.99. The van der Waals surface area contributed by atoms with Gasteiger partial charge in [0.05, 0.1) is 23.0 Å². The smallest absolute Gasteiger partial charge is 0.0919 e. The molecule has 4 heteroatoms. The minimum absolute atomic E-state index is 0.598. The van der Waals surface area contributed by atoms with Crippen LogP contribution >= 0.6 is 11.6 Å². The molecule has 1 saturated carbocycles. The lowest BCUT2D eigenvalue weighted by molar-refractivity contribution is 0.642. The number of halogens is 1. The van der Waals surface area contributed by atoms with E-state index in [4.69, 9.17) is 11.6 Å². The molecular formula is C11H10ClN3. The number of aromatic nitrogens is 3. The molecule has 0 aromatic carbocycles. The summed E-state index contributed by atoms with van der Waals surface area (Å²) in [4.78, 5) is 4.26. The topological polar surface area (TPSA) is 30.7 Å². The molecule has 0 N–H and O–H groups in total. The van der Waals surface area contributed by atoms with Gasteiger partial charge in [-0.25, -0.2) is 0 Å². The van der Waals surface area contributed by atoms with Crippen molar-refractivity contribution < 1.29 is 0 Å². The van der Waals surface area contributed by atoms with Crippen LogP contribution in [0.5, 0.6) is 0 Å². The van der Waals surface area contributed by atoms with Gasteiger partial charge in [-0.15, -0.1) is 0 Å². The Hall–Kier alpha value is -1.35. The van der Waals surface area contributed by atoms with E-state index in [9.17, 15) is 0 Å². The zero-order valence-electron chi connectivity index (χ0n) is 8.10.